The van der Waals surface area contributed by atoms with Crippen LogP contribution in [-0.2, 0) is 17.8 Å². The smallest absolute Gasteiger partial charge is 0.229 e. The van der Waals surface area contributed by atoms with Crippen LogP contribution in [0.25, 0.3) is 0 Å². The van der Waals surface area contributed by atoms with Crippen molar-refractivity contribution in [2.75, 3.05) is 6.54 Å². The largest absolute Gasteiger partial charge is 0.337 e. The Morgan fingerprint density at radius 1 is 1.17 bits per heavy atom. The van der Waals surface area contributed by atoms with Gasteiger partial charge in [0, 0.05) is 18.0 Å². The Labute approximate surface area is 143 Å². The van der Waals surface area contributed by atoms with Crippen molar-refractivity contribution in [2.45, 2.75) is 65.3 Å². The highest BCUT2D eigenvalue weighted by molar-refractivity contribution is 7.10. The fourth-order valence-electron chi connectivity index (χ4n) is 7.44. The summed E-state index contributed by atoms with van der Waals surface area (Å²) in [4.78, 5) is 17.3. The maximum absolute atomic E-state index is 13.6. The molecule has 124 valence electrons. The van der Waals surface area contributed by atoms with E-state index in [1.165, 1.54) is 36.1 Å². The van der Waals surface area contributed by atoms with Gasteiger partial charge in [-0.3, -0.25) is 4.79 Å². The molecule has 0 aromatic carbocycles. The highest BCUT2D eigenvalue weighted by Gasteiger charge is 2.63. The molecule has 2 atom stereocenters. The summed E-state index contributed by atoms with van der Waals surface area (Å²) < 4.78 is 0. The van der Waals surface area contributed by atoms with Crippen molar-refractivity contribution in [1.29, 1.82) is 0 Å². The minimum absolute atomic E-state index is 0.0313. The van der Waals surface area contributed by atoms with E-state index in [2.05, 4.69) is 30.2 Å². The number of carbonyl (C=O) groups excluding carboxylic acids is 1. The van der Waals surface area contributed by atoms with E-state index in [0.717, 1.165) is 38.3 Å². The van der Waals surface area contributed by atoms with E-state index < -0.39 is 0 Å². The maximum Gasteiger partial charge on any atom is 0.229 e. The summed E-state index contributed by atoms with van der Waals surface area (Å²) in [5.41, 5.74) is 2.22. The van der Waals surface area contributed by atoms with Gasteiger partial charge in [0.15, 0.2) is 0 Å². The molecule has 1 aromatic rings. The maximum atomic E-state index is 13.6. The van der Waals surface area contributed by atoms with Gasteiger partial charge in [0.05, 0.1) is 5.41 Å². The van der Waals surface area contributed by atoms with Crippen LogP contribution in [0, 0.1) is 22.2 Å². The van der Waals surface area contributed by atoms with E-state index in [-0.39, 0.29) is 5.41 Å². The van der Waals surface area contributed by atoms with E-state index in [4.69, 9.17) is 0 Å². The molecule has 23 heavy (non-hydrogen) atoms. The van der Waals surface area contributed by atoms with Crippen LogP contribution in [-0.4, -0.2) is 17.4 Å². The molecule has 4 saturated carbocycles. The van der Waals surface area contributed by atoms with Crippen molar-refractivity contribution in [2.24, 2.45) is 22.2 Å². The Morgan fingerprint density at radius 3 is 2.61 bits per heavy atom. The van der Waals surface area contributed by atoms with E-state index in [1.807, 2.05) is 11.3 Å². The van der Waals surface area contributed by atoms with Crippen LogP contribution in [0.3, 0.4) is 0 Å². The zero-order valence-electron chi connectivity index (χ0n) is 14.4. The summed E-state index contributed by atoms with van der Waals surface area (Å²) in [7, 11) is 0. The Balaban J connectivity index is 1.46. The summed E-state index contributed by atoms with van der Waals surface area (Å²) in [5, 5.41) is 2.19. The molecule has 1 aromatic heterocycles. The molecule has 1 amide bonds. The van der Waals surface area contributed by atoms with Gasteiger partial charge in [0.2, 0.25) is 5.91 Å². The molecule has 6 rings (SSSR count). The topological polar surface area (TPSA) is 20.3 Å². The molecule has 0 spiro atoms. The van der Waals surface area contributed by atoms with E-state index >= 15 is 0 Å². The fourth-order valence-corrected chi connectivity index (χ4v) is 8.33. The number of amides is 1. The number of rotatable bonds is 1. The second-order valence-corrected chi connectivity index (χ2v) is 10.8. The molecule has 0 radical (unpaired) electrons. The predicted octanol–water partition coefficient (Wildman–Crippen LogP) is 4.63. The summed E-state index contributed by atoms with van der Waals surface area (Å²) in [5.74, 6) is 1.29. The minimum atomic E-state index is -0.0313. The lowest BCUT2D eigenvalue weighted by atomic mass is 9.40. The first-order valence-electron chi connectivity index (χ1n) is 9.24. The van der Waals surface area contributed by atoms with Crippen LogP contribution < -0.4 is 0 Å². The molecule has 4 bridgehead atoms. The van der Waals surface area contributed by atoms with Crippen molar-refractivity contribution in [3.8, 4) is 0 Å². The number of hydrogen-bond donors (Lipinski definition) is 0. The molecule has 5 aliphatic rings. The molecule has 2 heterocycles. The van der Waals surface area contributed by atoms with Crippen molar-refractivity contribution in [3.63, 3.8) is 0 Å². The Bertz CT molecular complexity index is 659. The number of carbonyl (C=O) groups is 1. The van der Waals surface area contributed by atoms with Crippen molar-refractivity contribution < 1.29 is 4.79 Å². The van der Waals surface area contributed by atoms with Gasteiger partial charge in [-0.1, -0.05) is 13.8 Å². The standard InChI is InChI=1S/C20H27NOS/c1-18-7-14-8-19(2,11-18)13-20(9-14,12-18)17(22)21-5-3-16-15(10-21)4-6-23-16/h4,6,14H,3,5,7-13H2,1-2H3. The lowest BCUT2D eigenvalue weighted by molar-refractivity contribution is -0.180. The molecular weight excluding hydrogens is 302 g/mol. The number of hydrogen-bond acceptors (Lipinski definition) is 2. The van der Waals surface area contributed by atoms with Gasteiger partial charge in [-0.05, 0) is 78.7 Å². The third kappa shape index (κ3) is 2.08. The van der Waals surface area contributed by atoms with Gasteiger partial charge in [-0.15, -0.1) is 11.3 Å². The molecule has 4 aliphatic carbocycles. The van der Waals surface area contributed by atoms with E-state index in [9.17, 15) is 4.79 Å². The van der Waals surface area contributed by atoms with Crippen LogP contribution in [0.4, 0.5) is 0 Å². The summed E-state index contributed by atoms with van der Waals surface area (Å²) in [6.45, 7) is 6.72. The van der Waals surface area contributed by atoms with E-state index in [1.54, 1.807) is 0 Å². The van der Waals surface area contributed by atoms with Crippen molar-refractivity contribution in [1.82, 2.24) is 4.90 Å². The highest BCUT2D eigenvalue weighted by Crippen LogP contribution is 2.69. The zero-order valence-corrected chi connectivity index (χ0v) is 15.2. The van der Waals surface area contributed by atoms with E-state index in [0.29, 0.717) is 16.7 Å². The third-order valence-corrected chi connectivity index (χ3v) is 8.20. The lowest BCUT2D eigenvalue weighted by Crippen LogP contribution is -2.60. The third-order valence-electron chi connectivity index (χ3n) is 7.17. The SMILES string of the molecule is CC12CC3CC(C)(C1)CC(C(=O)N1CCc4sccc4C1)(C3)C2. The van der Waals surface area contributed by atoms with Gasteiger partial charge in [0.1, 0.15) is 0 Å². The molecule has 0 saturated heterocycles. The van der Waals surface area contributed by atoms with Crippen LogP contribution >= 0.6 is 11.3 Å². The number of thiophene rings is 1. The fraction of sp³-hybridized carbons (Fsp3) is 0.750. The minimum Gasteiger partial charge on any atom is -0.337 e. The molecule has 4 fully saturated rings. The molecule has 1 aliphatic heterocycles. The van der Waals surface area contributed by atoms with Gasteiger partial charge in [0.25, 0.3) is 0 Å². The van der Waals surface area contributed by atoms with Crippen LogP contribution in [0.15, 0.2) is 11.4 Å². The molecular formula is C20H27NOS. The van der Waals surface area contributed by atoms with Crippen molar-refractivity contribution in [3.05, 3.63) is 21.9 Å². The summed E-state index contributed by atoms with van der Waals surface area (Å²) >= 11 is 1.86. The molecule has 2 unspecified atom stereocenters. The second kappa shape index (κ2) is 4.41. The quantitative estimate of drug-likeness (QED) is 0.735. The molecule has 0 N–H and O–H groups in total. The zero-order chi connectivity index (χ0) is 15.9. The van der Waals surface area contributed by atoms with Crippen LogP contribution in [0.2, 0.25) is 0 Å². The Hall–Kier alpha value is -0.830. The van der Waals surface area contributed by atoms with Crippen LogP contribution in [0.1, 0.15) is 62.8 Å². The second-order valence-electron chi connectivity index (χ2n) is 9.76. The first-order valence-corrected chi connectivity index (χ1v) is 10.1. The first kappa shape index (κ1) is 14.5. The number of fused-ring (bicyclic) bond motifs is 1. The monoisotopic (exact) mass is 329 g/mol. The Morgan fingerprint density at radius 2 is 1.91 bits per heavy atom. The molecule has 2 nitrogen and oxygen atoms in total. The van der Waals surface area contributed by atoms with Gasteiger partial charge in [-0.25, -0.2) is 0 Å². The van der Waals surface area contributed by atoms with Gasteiger partial charge >= 0.3 is 0 Å². The van der Waals surface area contributed by atoms with Crippen LogP contribution in [0.5, 0.6) is 0 Å². The Kier molecular flexibility index (Phi) is 2.78. The predicted molar refractivity (Wildman–Crippen MR) is 93.3 cm³/mol. The van der Waals surface area contributed by atoms with Gasteiger partial charge < -0.3 is 4.90 Å². The first-order chi connectivity index (χ1) is 10.9. The summed E-state index contributed by atoms with van der Waals surface area (Å²) in [6.07, 6.45) is 8.62. The lowest BCUT2D eigenvalue weighted by Gasteiger charge is -2.65. The summed E-state index contributed by atoms with van der Waals surface area (Å²) in [6, 6.07) is 2.22. The highest BCUT2D eigenvalue weighted by atomic mass is 32.1. The average molecular weight is 330 g/mol. The molecule has 3 heteroatoms. The average Bonchev–Trinajstić information content (AvgIpc) is 2.89. The number of nitrogens with zero attached hydrogens (tertiary/aromatic N) is 1. The van der Waals surface area contributed by atoms with Crippen molar-refractivity contribution >= 4 is 17.2 Å². The van der Waals surface area contributed by atoms with Gasteiger partial charge in [-0.2, -0.15) is 0 Å². The normalized spacial score (nSPS) is 44.4.